The van der Waals surface area contributed by atoms with Crippen molar-refractivity contribution in [2.75, 3.05) is 33.8 Å². The van der Waals surface area contributed by atoms with Gasteiger partial charge in [0, 0.05) is 0 Å². The second kappa shape index (κ2) is 8.92. The molecule has 0 radical (unpaired) electrons. The van der Waals surface area contributed by atoms with Crippen LogP contribution in [0.3, 0.4) is 0 Å². The maximum absolute atomic E-state index is 12.0. The smallest absolute Gasteiger partial charge is 0.354 e. The number of hydrogen-bond donors (Lipinski definition) is 1. The first-order chi connectivity index (χ1) is 11.4. The molecule has 0 unspecified atom stereocenters. The standard InChI is InChI=1S/C15H16BrNO7/c1-21-12-5-8(14(19)23-3)10(6-9(12)16)17-11(15(20)24-4)7-13(18)22-2/h5-7,17H,1-4H3/b11-7+. The van der Waals surface area contributed by atoms with Crippen molar-refractivity contribution in [2.45, 2.75) is 0 Å². The Balaban J connectivity index is 3.39. The molecule has 0 atom stereocenters. The van der Waals surface area contributed by atoms with Crippen LogP contribution >= 0.6 is 15.9 Å². The predicted molar refractivity (Wildman–Crippen MR) is 87.8 cm³/mol. The van der Waals surface area contributed by atoms with Crippen molar-refractivity contribution in [1.29, 1.82) is 0 Å². The third-order valence-electron chi connectivity index (χ3n) is 2.84. The quantitative estimate of drug-likeness (QED) is 0.438. The van der Waals surface area contributed by atoms with Crippen LogP contribution < -0.4 is 10.1 Å². The zero-order chi connectivity index (χ0) is 18.3. The maximum Gasteiger partial charge on any atom is 0.354 e. The molecule has 0 saturated carbocycles. The molecule has 24 heavy (non-hydrogen) atoms. The maximum atomic E-state index is 12.0. The normalized spacial score (nSPS) is 10.6. The van der Waals surface area contributed by atoms with Gasteiger partial charge in [-0.2, -0.15) is 0 Å². The van der Waals surface area contributed by atoms with Gasteiger partial charge in [0.15, 0.2) is 0 Å². The number of methoxy groups -OCH3 is 4. The summed E-state index contributed by atoms with van der Waals surface area (Å²) in [5.74, 6) is -1.86. The summed E-state index contributed by atoms with van der Waals surface area (Å²) in [6.07, 6.45) is 0.908. The van der Waals surface area contributed by atoms with Gasteiger partial charge < -0.3 is 24.3 Å². The molecule has 130 valence electrons. The van der Waals surface area contributed by atoms with Crippen LogP contribution in [0.5, 0.6) is 5.75 Å². The average molecular weight is 402 g/mol. The van der Waals surface area contributed by atoms with E-state index in [-0.39, 0.29) is 16.9 Å². The number of nitrogens with one attached hydrogen (secondary N) is 1. The van der Waals surface area contributed by atoms with E-state index >= 15 is 0 Å². The van der Waals surface area contributed by atoms with E-state index in [4.69, 9.17) is 9.47 Å². The highest BCUT2D eigenvalue weighted by Gasteiger charge is 2.20. The number of hydrogen-bond acceptors (Lipinski definition) is 8. The molecule has 0 amide bonds. The molecule has 0 aliphatic heterocycles. The van der Waals surface area contributed by atoms with Crippen LogP contribution in [0.1, 0.15) is 10.4 Å². The minimum atomic E-state index is -0.817. The number of rotatable bonds is 6. The Hall–Kier alpha value is -2.55. The summed E-state index contributed by atoms with van der Waals surface area (Å²) in [4.78, 5) is 35.2. The van der Waals surface area contributed by atoms with Gasteiger partial charge in [-0.05, 0) is 28.1 Å². The summed E-state index contributed by atoms with van der Waals surface area (Å²) < 4.78 is 19.4. The molecular weight excluding hydrogens is 386 g/mol. The third kappa shape index (κ3) is 4.72. The van der Waals surface area contributed by atoms with Gasteiger partial charge in [0.2, 0.25) is 0 Å². The van der Waals surface area contributed by atoms with Crippen LogP contribution in [-0.2, 0) is 23.8 Å². The van der Waals surface area contributed by atoms with Crippen molar-refractivity contribution in [3.05, 3.63) is 33.9 Å². The molecule has 0 aliphatic rings. The Morgan fingerprint density at radius 3 is 2.21 bits per heavy atom. The number of anilines is 1. The van der Waals surface area contributed by atoms with E-state index in [1.54, 1.807) is 0 Å². The highest BCUT2D eigenvalue weighted by Crippen LogP contribution is 2.32. The van der Waals surface area contributed by atoms with Gasteiger partial charge in [-0.3, -0.25) is 0 Å². The molecule has 1 aromatic rings. The van der Waals surface area contributed by atoms with Crippen LogP contribution in [0.4, 0.5) is 5.69 Å². The molecular formula is C15H16BrNO7. The Kier molecular flexibility index (Phi) is 7.25. The number of carbonyl (C=O) groups is 3. The van der Waals surface area contributed by atoms with E-state index < -0.39 is 17.9 Å². The lowest BCUT2D eigenvalue weighted by atomic mass is 10.1. The molecule has 0 saturated heterocycles. The summed E-state index contributed by atoms with van der Waals surface area (Å²) >= 11 is 3.28. The molecule has 8 nitrogen and oxygen atoms in total. The minimum Gasteiger partial charge on any atom is -0.496 e. The first-order valence-corrected chi connectivity index (χ1v) is 7.28. The van der Waals surface area contributed by atoms with Crippen molar-refractivity contribution in [2.24, 2.45) is 0 Å². The molecule has 9 heteroatoms. The van der Waals surface area contributed by atoms with Gasteiger partial charge in [0.25, 0.3) is 0 Å². The summed E-state index contributed by atoms with van der Waals surface area (Å²) in [6, 6.07) is 2.92. The number of halogens is 1. The molecule has 1 rings (SSSR count). The molecule has 0 spiro atoms. The topological polar surface area (TPSA) is 100 Å². The van der Waals surface area contributed by atoms with Gasteiger partial charge in [0.05, 0.1) is 50.2 Å². The molecule has 0 fully saturated rings. The molecule has 1 aromatic carbocycles. The fraction of sp³-hybridized carbons (Fsp3) is 0.267. The van der Waals surface area contributed by atoms with E-state index in [2.05, 4.69) is 30.7 Å². The van der Waals surface area contributed by atoms with Crippen LogP contribution in [-0.4, -0.2) is 46.3 Å². The van der Waals surface area contributed by atoms with Gasteiger partial charge in [-0.25, -0.2) is 14.4 Å². The Bertz CT molecular complexity index is 685. The van der Waals surface area contributed by atoms with Crippen LogP contribution in [0.15, 0.2) is 28.4 Å². The van der Waals surface area contributed by atoms with Crippen LogP contribution in [0.25, 0.3) is 0 Å². The molecule has 0 heterocycles. The summed E-state index contributed by atoms with van der Waals surface area (Å²) in [6.45, 7) is 0. The van der Waals surface area contributed by atoms with Gasteiger partial charge in [-0.1, -0.05) is 0 Å². The fourth-order valence-corrected chi connectivity index (χ4v) is 2.18. The second-order valence-electron chi connectivity index (χ2n) is 4.22. The Morgan fingerprint density at radius 1 is 1.04 bits per heavy atom. The van der Waals surface area contributed by atoms with Crippen molar-refractivity contribution in [3.8, 4) is 5.75 Å². The van der Waals surface area contributed by atoms with E-state index in [1.807, 2.05) is 0 Å². The van der Waals surface area contributed by atoms with Gasteiger partial charge in [-0.15, -0.1) is 0 Å². The monoisotopic (exact) mass is 401 g/mol. The highest BCUT2D eigenvalue weighted by atomic mass is 79.9. The summed E-state index contributed by atoms with van der Waals surface area (Å²) in [7, 11) is 4.97. The van der Waals surface area contributed by atoms with Gasteiger partial charge >= 0.3 is 17.9 Å². The first kappa shape index (κ1) is 19.5. The number of carbonyl (C=O) groups excluding carboxylic acids is 3. The zero-order valence-electron chi connectivity index (χ0n) is 13.5. The molecule has 0 bridgehead atoms. The summed E-state index contributed by atoms with van der Waals surface area (Å²) in [5, 5.41) is 2.67. The third-order valence-corrected chi connectivity index (χ3v) is 3.46. The molecule has 0 aliphatic carbocycles. The SMILES string of the molecule is COC(=O)/C=C(/Nc1cc(Br)c(OC)cc1C(=O)OC)C(=O)OC. The number of benzene rings is 1. The van der Waals surface area contributed by atoms with Crippen molar-refractivity contribution in [1.82, 2.24) is 0 Å². The average Bonchev–Trinajstić information content (AvgIpc) is 2.59. The lowest BCUT2D eigenvalue weighted by Crippen LogP contribution is -2.17. The summed E-state index contributed by atoms with van der Waals surface area (Å²) in [5.41, 5.74) is 0.0823. The lowest BCUT2D eigenvalue weighted by molar-refractivity contribution is -0.138. The zero-order valence-corrected chi connectivity index (χ0v) is 15.1. The first-order valence-electron chi connectivity index (χ1n) is 6.48. The Morgan fingerprint density at radius 2 is 1.71 bits per heavy atom. The Labute approximate surface area is 146 Å². The second-order valence-corrected chi connectivity index (χ2v) is 5.08. The van der Waals surface area contributed by atoms with E-state index in [9.17, 15) is 14.4 Å². The van der Waals surface area contributed by atoms with Gasteiger partial charge in [0.1, 0.15) is 11.4 Å². The molecule has 1 N–H and O–H groups in total. The molecule has 0 aromatic heterocycles. The number of esters is 3. The highest BCUT2D eigenvalue weighted by molar-refractivity contribution is 9.10. The largest absolute Gasteiger partial charge is 0.496 e. The lowest BCUT2D eigenvalue weighted by Gasteiger charge is -2.14. The van der Waals surface area contributed by atoms with Crippen molar-refractivity contribution in [3.63, 3.8) is 0 Å². The van der Waals surface area contributed by atoms with E-state index in [0.717, 1.165) is 20.3 Å². The van der Waals surface area contributed by atoms with E-state index in [1.165, 1.54) is 26.4 Å². The van der Waals surface area contributed by atoms with E-state index in [0.29, 0.717) is 10.2 Å². The van der Waals surface area contributed by atoms with Crippen molar-refractivity contribution >= 4 is 39.5 Å². The minimum absolute atomic E-state index is 0.0946. The fourth-order valence-electron chi connectivity index (χ4n) is 1.67. The van der Waals surface area contributed by atoms with Crippen molar-refractivity contribution < 1.29 is 33.3 Å². The predicted octanol–water partition coefficient (Wildman–Crippen LogP) is 1.89. The van der Waals surface area contributed by atoms with Crippen LogP contribution in [0.2, 0.25) is 0 Å². The number of ether oxygens (including phenoxy) is 4. The van der Waals surface area contributed by atoms with Crippen LogP contribution in [0, 0.1) is 0 Å².